The second kappa shape index (κ2) is 3.99. The fraction of sp³-hybridized carbons (Fsp3) is 1.00. The predicted molar refractivity (Wildman–Crippen MR) is 67.6 cm³/mol. The molecule has 2 aliphatic rings. The molecular weight excluding hydrogens is 198 g/mol. The average Bonchev–Trinajstić information content (AvgIpc) is 2.80. The van der Waals surface area contributed by atoms with E-state index in [0.29, 0.717) is 12.1 Å². The van der Waals surface area contributed by atoms with Gasteiger partial charge in [-0.1, -0.05) is 12.8 Å². The summed E-state index contributed by atoms with van der Waals surface area (Å²) < 4.78 is 6.11. The molecule has 1 aliphatic carbocycles. The quantitative estimate of drug-likeness (QED) is 0.794. The normalized spacial score (nSPS) is 33.9. The molecule has 0 radical (unpaired) electrons. The van der Waals surface area contributed by atoms with Crippen LogP contribution in [-0.4, -0.2) is 23.3 Å². The lowest BCUT2D eigenvalue weighted by Crippen LogP contribution is -2.47. The van der Waals surface area contributed by atoms with Gasteiger partial charge in [0.2, 0.25) is 0 Å². The van der Waals surface area contributed by atoms with Crippen molar-refractivity contribution in [3.63, 3.8) is 0 Å². The van der Waals surface area contributed by atoms with Crippen molar-refractivity contribution in [1.82, 2.24) is 5.32 Å². The fourth-order valence-corrected chi connectivity index (χ4v) is 3.09. The Kier molecular flexibility index (Phi) is 3.09. The molecule has 1 N–H and O–H groups in total. The minimum atomic E-state index is -0.0265. The summed E-state index contributed by atoms with van der Waals surface area (Å²) in [6, 6.07) is 1.13. The summed E-state index contributed by atoms with van der Waals surface area (Å²) in [6.45, 7) is 11.1. The maximum Gasteiger partial charge on any atom is 0.0787 e. The molecule has 0 spiro atoms. The Bertz CT molecular complexity index is 255. The Morgan fingerprint density at radius 1 is 1.25 bits per heavy atom. The monoisotopic (exact) mass is 225 g/mol. The largest absolute Gasteiger partial charge is 0.368 e. The molecule has 2 atom stereocenters. The van der Waals surface area contributed by atoms with Crippen molar-refractivity contribution in [2.75, 3.05) is 0 Å². The third-order valence-corrected chi connectivity index (χ3v) is 3.94. The van der Waals surface area contributed by atoms with Gasteiger partial charge in [-0.15, -0.1) is 0 Å². The van der Waals surface area contributed by atoms with Crippen LogP contribution in [0.3, 0.4) is 0 Å². The Labute approximate surface area is 100 Å². The molecular formula is C14H27NO. The van der Waals surface area contributed by atoms with Gasteiger partial charge in [-0.25, -0.2) is 0 Å². The van der Waals surface area contributed by atoms with Crippen LogP contribution in [0.1, 0.15) is 60.3 Å². The zero-order valence-electron chi connectivity index (χ0n) is 11.5. The zero-order chi connectivity index (χ0) is 12.0. The van der Waals surface area contributed by atoms with E-state index >= 15 is 0 Å². The molecule has 16 heavy (non-hydrogen) atoms. The van der Waals surface area contributed by atoms with Gasteiger partial charge in [0.15, 0.2) is 0 Å². The first-order chi connectivity index (χ1) is 7.28. The van der Waals surface area contributed by atoms with Crippen molar-refractivity contribution in [2.45, 2.75) is 83.6 Å². The SMILES string of the molecule is CC(CC1CC1)NC1CC(C)(C)OC1(C)C. The molecule has 1 saturated heterocycles. The van der Waals surface area contributed by atoms with Crippen LogP contribution in [-0.2, 0) is 4.74 Å². The van der Waals surface area contributed by atoms with E-state index in [-0.39, 0.29) is 11.2 Å². The van der Waals surface area contributed by atoms with Gasteiger partial charge in [-0.05, 0) is 53.4 Å². The van der Waals surface area contributed by atoms with Gasteiger partial charge in [0.1, 0.15) is 0 Å². The number of hydrogen-bond acceptors (Lipinski definition) is 2. The molecule has 0 bridgehead atoms. The highest BCUT2D eigenvalue weighted by molar-refractivity contribution is 4.99. The Hall–Kier alpha value is -0.0800. The van der Waals surface area contributed by atoms with Crippen LogP contribution in [0.4, 0.5) is 0 Å². The molecule has 1 heterocycles. The molecule has 2 unspecified atom stereocenters. The maximum atomic E-state index is 6.11. The van der Waals surface area contributed by atoms with Crippen molar-refractivity contribution in [3.05, 3.63) is 0 Å². The van der Waals surface area contributed by atoms with Crippen molar-refractivity contribution in [3.8, 4) is 0 Å². The van der Waals surface area contributed by atoms with Gasteiger partial charge < -0.3 is 10.1 Å². The van der Waals surface area contributed by atoms with Crippen molar-refractivity contribution >= 4 is 0 Å². The van der Waals surface area contributed by atoms with Crippen molar-refractivity contribution in [2.24, 2.45) is 5.92 Å². The van der Waals surface area contributed by atoms with E-state index in [9.17, 15) is 0 Å². The molecule has 2 fully saturated rings. The summed E-state index contributed by atoms with van der Waals surface area (Å²) in [5.41, 5.74) is 0.00176. The molecule has 2 nitrogen and oxygen atoms in total. The van der Waals surface area contributed by atoms with E-state index in [4.69, 9.17) is 4.74 Å². The van der Waals surface area contributed by atoms with Crippen molar-refractivity contribution < 1.29 is 4.74 Å². The molecule has 2 rings (SSSR count). The van der Waals surface area contributed by atoms with E-state index in [0.717, 1.165) is 12.3 Å². The maximum absolute atomic E-state index is 6.11. The van der Waals surface area contributed by atoms with Gasteiger partial charge >= 0.3 is 0 Å². The number of rotatable bonds is 4. The lowest BCUT2D eigenvalue weighted by molar-refractivity contribution is -0.0704. The smallest absolute Gasteiger partial charge is 0.0787 e. The molecule has 1 aliphatic heterocycles. The summed E-state index contributed by atoms with van der Waals surface area (Å²) in [7, 11) is 0. The number of hydrogen-bond donors (Lipinski definition) is 1. The summed E-state index contributed by atoms with van der Waals surface area (Å²) in [6.07, 6.45) is 5.35. The van der Waals surface area contributed by atoms with Crippen LogP contribution >= 0.6 is 0 Å². The van der Waals surface area contributed by atoms with Crippen LogP contribution in [0.2, 0.25) is 0 Å². The summed E-state index contributed by atoms with van der Waals surface area (Å²) >= 11 is 0. The minimum absolute atomic E-state index is 0.0265. The third-order valence-electron chi connectivity index (χ3n) is 3.94. The Balaban J connectivity index is 1.88. The van der Waals surface area contributed by atoms with E-state index in [1.807, 2.05) is 0 Å². The number of nitrogens with one attached hydrogen (secondary N) is 1. The van der Waals surface area contributed by atoms with E-state index in [2.05, 4.69) is 39.9 Å². The molecule has 0 aromatic carbocycles. The molecule has 1 saturated carbocycles. The summed E-state index contributed by atoms with van der Waals surface area (Å²) in [5, 5.41) is 3.77. The van der Waals surface area contributed by atoms with E-state index < -0.39 is 0 Å². The highest BCUT2D eigenvalue weighted by Crippen LogP contribution is 2.38. The topological polar surface area (TPSA) is 21.3 Å². The van der Waals surface area contributed by atoms with Gasteiger partial charge in [0, 0.05) is 12.1 Å². The Morgan fingerprint density at radius 3 is 2.31 bits per heavy atom. The first-order valence-corrected chi connectivity index (χ1v) is 6.75. The number of ether oxygens (including phenoxy) is 1. The lowest BCUT2D eigenvalue weighted by atomic mass is 9.93. The summed E-state index contributed by atoms with van der Waals surface area (Å²) in [4.78, 5) is 0. The van der Waals surface area contributed by atoms with Crippen LogP contribution in [0, 0.1) is 5.92 Å². The molecule has 2 heteroatoms. The first kappa shape index (κ1) is 12.4. The zero-order valence-corrected chi connectivity index (χ0v) is 11.5. The average molecular weight is 225 g/mol. The van der Waals surface area contributed by atoms with Gasteiger partial charge in [-0.2, -0.15) is 0 Å². The summed E-state index contributed by atoms with van der Waals surface area (Å²) in [5.74, 6) is 1.00. The highest BCUT2D eigenvalue weighted by atomic mass is 16.5. The van der Waals surface area contributed by atoms with E-state index in [1.54, 1.807) is 0 Å². The van der Waals surface area contributed by atoms with Crippen LogP contribution in [0.15, 0.2) is 0 Å². The van der Waals surface area contributed by atoms with Crippen LogP contribution in [0.5, 0.6) is 0 Å². The second-order valence-electron chi connectivity index (χ2n) is 6.97. The fourth-order valence-electron chi connectivity index (χ4n) is 3.09. The van der Waals surface area contributed by atoms with Gasteiger partial charge in [0.25, 0.3) is 0 Å². The molecule has 0 aromatic rings. The van der Waals surface area contributed by atoms with Gasteiger partial charge in [-0.3, -0.25) is 0 Å². The van der Waals surface area contributed by atoms with Gasteiger partial charge in [0.05, 0.1) is 11.2 Å². The molecule has 0 aromatic heterocycles. The third kappa shape index (κ3) is 2.98. The second-order valence-corrected chi connectivity index (χ2v) is 6.97. The van der Waals surface area contributed by atoms with Crippen LogP contribution in [0.25, 0.3) is 0 Å². The molecule has 94 valence electrons. The standard InChI is InChI=1S/C14H27NO/c1-10(8-11-6-7-11)15-12-9-13(2,3)16-14(12,4)5/h10-12,15H,6-9H2,1-5H3. The van der Waals surface area contributed by atoms with Crippen molar-refractivity contribution in [1.29, 1.82) is 0 Å². The lowest BCUT2D eigenvalue weighted by Gasteiger charge is -2.30. The highest BCUT2D eigenvalue weighted by Gasteiger charge is 2.46. The predicted octanol–water partition coefficient (Wildman–Crippen LogP) is 3.11. The van der Waals surface area contributed by atoms with Crippen LogP contribution < -0.4 is 5.32 Å². The molecule has 0 amide bonds. The van der Waals surface area contributed by atoms with E-state index in [1.165, 1.54) is 19.3 Å². The minimum Gasteiger partial charge on any atom is -0.368 e. The Morgan fingerprint density at radius 2 is 1.88 bits per heavy atom. The first-order valence-electron chi connectivity index (χ1n) is 6.75.